The van der Waals surface area contributed by atoms with Crippen LogP contribution < -0.4 is 9.47 Å². The van der Waals surface area contributed by atoms with Crippen LogP contribution in [0.1, 0.15) is 24.0 Å². The van der Waals surface area contributed by atoms with E-state index in [9.17, 15) is 17.6 Å². The lowest BCUT2D eigenvalue weighted by Crippen LogP contribution is -2.43. The molecule has 0 spiro atoms. The zero-order valence-corrected chi connectivity index (χ0v) is 19.4. The van der Waals surface area contributed by atoms with Crippen LogP contribution in [0.4, 0.5) is 4.39 Å². The number of benzene rings is 2. The van der Waals surface area contributed by atoms with E-state index in [0.717, 1.165) is 5.56 Å². The van der Waals surface area contributed by atoms with Crippen LogP contribution in [-0.2, 0) is 27.1 Å². The quantitative estimate of drug-likeness (QED) is 0.600. The van der Waals surface area contributed by atoms with Gasteiger partial charge in [0.2, 0.25) is 15.9 Å². The lowest BCUT2D eigenvalue weighted by Gasteiger charge is -2.32. The monoisotopic (exact) mass is 464 g/mol. The van der Waals surface area contributed by atoms with Gasteiger partial charge in [0.25, 0.3) is 0 Å². The van der Waals surface area contributed by atoms with E-state index in [4.69, 9.17) is 9.47 Å². The maximum Gasteiger partial charge on any atom is 0.225 e. The number of sulfonamides is 1. The summed E-state index contributed by atoms with van der Waals surface area (Å²) in [6.07, 6.45) is 0.940. The third-order valence-electron chi connectivity index (χ3n) is 5.70. The van der Waals surface area contributed by atoms with Gasteiger partial charge in [-0.3, -0.25) is 4.79 Å². The van der Waals surface area contributed by atoms with E-state index < -0.39 is 15.8 Å². The molecule has 0 aromatic heterocycles. The smallest absolute Gasteiger partial charge is 0.225 e. The second kappa shape index (κ2) is 10.3. The molecule has 2 aromatic carbocycles. The van der Waals surface area contributed by atoms with Crippen molar-refractivity contribution in [2.24, 2.45) is 5.92 Å². The summed E-state index contributed by atoms with van der Waals surface area (Å²) in [5.74, 6) is 0.422. The van der Waals surface area contributed by atoms with Crippen molar-refractivity contribution in [3.8, 4) is 11.5 Å². The number of rotatable bonds is 8. The van der Waals surface area contributed by atoms with Crippen LogP contribution in [0, 0.1) is 11.7 Å². The van der Waals surface area contributed by atoms with Crippen molar-refractivity contribution in [2.45, 2.75) is 25.1 Å². The predicted molar refractivity (Wildman–Crippen MR) is 119 cm³/mol. The van der Waals surface area contributed by atoms with Crippen LogP contribution in [0.5, 0.6) is 11.5 Å². The lowest BCUT2D eigenvalue weighted by atomic mass is 9.96. The molecule has 0 N–H and O–H groups in total. The Labute approximate surface area is 188 Å². The molecule has 7 nitrogen and oxygen atoms in total. The third-order valence-corrected chi connectivity index (χ3v) is 7.55. The topological polar surface area (TPSA) is 76.2 Å². The first-order valence-electron chi connectivity index (χ1n) is 10.4. The van der Waals surface area contributed by atoms with E-state index >= 15 is 0 Å². The van der Waals surface area contributed by atoms with Crippen LogP contribution in [0.3, 0.4) is 0 Å². The fraction of sp³-hybridized carbons (Fsp3) is 0.435. The molecule has 3 rings (SSSR count). The Morgan fingerprint density at radius 1 is 1.03 bits per heavy atom. The highest BCUT2D eigenvalue weighted by Crippen LogP contribution is 2.29. The highest BCUT2D eigenvalue weighted by molar-refractivity contribution is 7.88. The minimum absolute atomic E-state index is 0.00429. The van der Waals surface area contributed by atoms with Gasteiger partial charge < -0.3 is 14.4 Å². The van der Waals surface area contributed by atoms with Crippen molar-refractivity contribution >= 4 is 15.9 Å². The molecule has 1 aliphatic heterocycles. The number of hydrogen-bond acceptors (Lipinski definition) is 5. The van der Waals surface area contributed by atoms with E-state index in [0.29, 0.717) is 49.5 Å². The number of carbonyl (C=O) groups excluding carboxylic acids is 1. The Bertz CT molecular complexity index is 1030. The van der Waals surface area contributed by atoms with Gasteiger partial charge in [-0.05, 0) is 48.2 Å². The Kier molecular flexibility index (Phi) is 7.73. The van der Waals surface area contributed by atoms with Gasteiger partial charge in [0, 0.05) is 32.6 Å². The fourth-order valence-electron chi connectivity index (χ4n) is 3.91. The molecule has 0 unspecified atom stereocenters. The van der Waals surface area contributed by atoms with E-state index in [-0.39, 0.29) is 17.6 Å². The highest BCUT2D eigenvalue weighted by atomic mass is 32.2. The van der Waals surface area contributed by atoms with Gasteiger partial charge in [0.05, 0.1) is 20.0 Å². The number of amides is 1. The summed E-state index contributed by atoms with van der Waals surface area (Å²) >= 11 is 0. The molecule has 0 radical (unpaired) electrons. The number of nitrogens with zero attached hydrogens (tertiary/aromatic N) is 2. The zero-order valence-electron chi connectivity index (χ0n) is 18.6. The average Bonchev–Trinajstić information content (AvgIpc) is 2.80. The third kappa shape index (κ3) is 5.77. The van der Waals surface area contributed by atoms with Gasteiger partial charge in [0.15, 0.2) is 11.5 Å². The van der Waals surface area contributed by atoms with Crippen molar-refractivity contribution in [3.63, 3.8) is 0 Å². The first-order valence-corrected chi connectivity index (χ1v) is 12.0. The van der Waals surface area contributed by atoms with E-state index in [1.807, 2.05) is 12.1 Å². The highest BCUT2D eigenvalue weighted by Gasteiger charge is 2.32. The molecule has 0 bridgehead atoms. The first kappa shape index (κ1) is 24.0. The minimum atomic E-state index is -3.52. The Morgan fingerprint density at radius 3 is 2.22 bits per heavy atom. The number of methoxy groups -OCH3 is 2. The molecule has 1 fully saturated rings. The van der Waals surface area contributed by atoms with Crippen LogP contribution in [0.15, 0.2) is 42.5 Å². The normalized spacial score (nSPS) is 15.4. The summed E-state index contributed by atoms with van der Waals surface area (Å²) in [7, 11) is 1.36. The van der Waals surface area contributed by atoms with E-state index in [1.165, 1.54) is 28.6 Å². The van der Waals surface area contributed by atoms with Gasteiger partial charge in [-0.15, -0.1) is 0 Å². The maximum absolute atomic E-state index is 13.1. The fourth-order valence-corrected chi connectivity index (χ4v) is 5.47. The summed E-state index contributed by atoms with van der Waals surface area (Å²) < 4.78 is 50.5. The van der Waals surface area contributed by atoms with Crippen molar-refractivity contribution in [3.05, 3.63) is 59.4 Å². The van der Waals surface area contributed by atoms with Gasteiger partial charge in [-0.25, -0.2) is 17.1 Å². The molecular formula is C23H29FN2O5S. The Morgan fingerprint density at radius 2 is 1.62 bits per heavy atom. The van der Waals surface area contributed by atoms with Gasteiger partial charge in [-0.2, -0.15) is 0 Å². The predicted octanol–water partition coefficient (Wildman–Crippen LogP) is 3.04. The second-order valence-corrected chi connectivity index (χ2v) is 9.91. The number of piperidine rings is 1. The first-order chi connectivity index (χ1) is 15.2. The number of carbonyl (C=O) groups is 1. The molecule has 9 heteroatoms. The Balaban J connectivity index is 1.56. The van der Waals surface area contributed by atoms with Crippen molar-refractivity contribution in [2.75, 3.05) is 34.4 Å². The summed E-state index contributed by atoms with van der Waals surface area (Å²) in [6, 6.07) is 11.0. The molecule has 2 aromatic rings. The average molecular weight is 465 g/mol. The summed E-state index contributed by atoms with van der Waals surface area (Å²) in [5.41, 5.74) is 1.46. The number of hydrogen-bond donors (Lipinski definition) is 0. The molecule has 1 saturated heterocycles. The number of halogens is 1. The summed E-state index contributed by atoms with van der Waals surface area (Å²) in [5, 5.41) is 0. The largest absolute Gasteiger partial charge is 0.493 e. The van der Waals surface area contributed by atoms with E-state index in [1.54, 1.807) is 32.2 Å². The minimum Gasteiger partial charge on any atom is -0.493 e. The Hall–Kier alpha value is -2.65. The van der Waals surface area contributed by atoms with Crippen molar-refractivity contribution in [1.82, 2.24) is 9.21 Å². The van der Waals surface area contributed by atoms with Crippen molar-refractivity contribution in [1.29, 1.82) is 0 Å². The molecule has 1 heterocycles. The summed E-state index contributed by atoms with van der Waals surface area (Å²) in [4.78, 5) is 14.6. The van der Waals surface area contributed by atoms with Gasteiger partial charge in [0.1, 0.15) is 5.82 Å². The van der Waals surface area contributed by atoms with Crippen LogP contribution in [-0.4, -0.2) is 57.9 Å². The van der Waals surface area contributed by atoms with Gasteiger partial charge in [-0.1, -0.05) is 18.2 Å². The lowest BCUT2D eigenvalue weighted by molar-refractivity contribution is -0.135. The molecule has 32 heavy (non-hydrogen) atoms. The maximum atomic E-state index is 13.1. The molecule has 174 valence electrons. The standard InChI is InChI=1S/C23H29FN2O5S/c1-25(15-18-6-9-21(30-2)22(14-18)31-3)23(27)19-10-12-26(13-11-19)32(28,29)16-17-4-7-20(24)8-5-17/h4-9,14,19H,10-13,15-16H2,1-3H3. The van der Waals surface area contributed by atoms with Crippen LogP contribution >= 0.6 is 0 Å². The molecule has 1 aliphatic rings. The van der Waals surface area contributed by atoms with Crippen LogP contribution in [0.25, 0.3) is 0 Å². The molecule has 1 amide bonds. The molecule has 0 aliphatic carbocycles. The zero-order chi connectivity index (χ0) is 23.3. The van der Waals surface area contributed by atoms with Gasteiger partial charge >= 0.3 is 0 Å². The second-order valence-electron chi connectivity index (χ2n) is 7.94. The molecular weight excluding hydrogens is 435 g/mol. The molecule has 0 saturated carbocycles. The summed E-state index contributed by atoms with van der Waals surface area (Å²) in [6.45, 7) is 1.01. The SMILES string of the molecule is COc1ccc(CN(C)C(=O)C2CCN(S(=O)(=O)Cc3ccc(F)cc3)CC2)cc1OC. The van der Waals surface area contributed by atoms with E-state index in [2.05, 4.69) is 0 Å². The molecule has 0 atom stereocenters. The number of ether oxygens (including phenoxy) is 2. The van der Waals surface area contributed by atoms with Crippen molar-refractivity contribution < 1.29 is 27.1 Å². The van der Waals surface area contributed by atoms with Crippen LogP contribution in [0.2, 0.25) is 0 Å².